The van der Waals surface area contributed by atoms with E-state index < -0.39 is 29.2 Å². The lowest BCUT2D eigenvalue weighted by Crippen LogP contribution is -2.35. The van der Waals surface area contributed by atoms with E-state index in [1.165, 1.54) is 23.5 Å². The number of fused-ring (bicyclic) bond motifs is 1. The van der Waals surface area contributed by atoms with E-state index in [1.54, 1.807) is 13.0 Å². The first kappa shape index (κ1) is 21.7. The molecular weight excluding hydrogens is 441 g/mol. The topological polar surface area (TPSA) is 76.9 Å². The fraction of sp³-hybridized carbons (Fsp3) is 0.182. The van der Waals surface area contributed by atoms with Gasteiger partial charge < -0.3 is 5.32 Å². The van der Waals surface area contributed by atoms with Gasteiger partial charge in [-0.05, 0) is 36.2 Å². The van der Waals surface area contributed by atoms with Crippen molar-refractivity contribution in [2.45, 2.75) is 25.6 Å². The highest BCUT2D eigenvalue weighted by Crippen LogP contribution is 2.32. The summed E-state index contributed by atoms with van der Waals surface area (Å²) in [4.78, 5) is 27.1. The number of thiophene rings is 1. The molecule has 0 aliphatic carbocycles. The second kappa shape index (κ2) is 8.54. The van der Waals surface area contributed by atoms with Crippen LogP contribution in [0.15, 0.2) is 65.5 Å². The molecule has 6 nitrogen and oxygen atoms in total. The summed E-state index contributed by atoms with van der Waals surface area (Å²) >= 11 is 1.31. The maximum atomic E-state index is 13.1. The van der Waals surface area contributed by atoms with Crippen molar-refractivity contribution in [1.29, 1.82) is 0 Å². The minimum Gasteiger partial charge on any atom is -0.324 e. The lowest BCUT2D eigenvalue weighted by molar-refractivity contribution is -0.137. The van der Waals surface area contributed by atoms with Crippen molar-refractivity contribution >= 4 is 33.1 Å². The van der Waals surface area contributed by atoms with Gasteiger partial charge in [0.05, 0.1) is 10.9 Å². The van der Waals surface area contributed by atoms with Crippen LogP contribution in [0.5, 0.6) is 0 Å². The van der Waals surface area contributed by atoms with Gasteiger partial charge in [-0.25, -0.2) is 0 Å². The molecular formula is C22H17F3N4O2S. The van der Waals surface area contributed by atoms with Gasteiger partial charge >= 0.3 is 6.18 Å². The Morgan fingerprint density at radius 2 is 1.88 bits per heavy atom. The lowest BCUT2D eigenvalue weighted by atomic mass is 10.1. The number of hydrogen-bond acceptors (Lipinski definition) is 5. The van der Waals surface area contributed by atoms with Crippen LogP contribution in [0.25, 0.3) is 20.7 Å². The summed E-state index contributed by atoms with van der Waals surface area (Å²) in [6, 6.07) is 14.5. The molecule has 4 aromatic rings. The molecule has 0 saturated heterocycles. The zero-order valence-electron chi connectivity index (χ0n) is 16.8. The number of rotatable bonds is 5. The molecule has 2 aromatic carbocycles. The lowest BCUT2D eigenvalue weighted by Gasteiger charge is -2.16. The first-order valence-electron chi connectivity index (χ1n) is 9.70. The molecule has 2 heterocycles. The molecule has 4 rings (SSSR count). The average molecular weight is 458 g/mol. The molecule has 2 aromatic heterocycles. The Hall–Kier alpha value is -3.53. The highest BCUT2D eigenvalue weighted by Gasteiger charge is 2.31. The van der Waals surface area contributed by atoms with Crippen LogP contribution in [-0.4, -0.2) is 20.9 Å². The number of amides is 1. The standard InChI is InChI=1S/C22H17F3N4O2S/c1-2-17(19(30)26-15-10-6-9-14(11-15)22(23,24)25)29-21(31)16-12-18(32-20(16)27-28-29)13-7-4-3-5-8-13/h3-12,17H,2H2,1H3,(H,26,30). The third kappa shape index (κ3) is 4.26. The van der Waals surface area contributed by atoms with Gasteiger partial charge in [-0.1, -0.05) is 48.5 Å². The number of halogens is 3. The Bertz CT molecular complexity index is 1330. The van der Waals surface area contributed by atoms with Crippen LogP contribution in [0.2, 0.25) is 0 Å². The number of alkyl halides is 3. The quantitative estimate of drug-likeness (QED) is 0.450. The maximum absolute atomic E-state index is 13.1. The summed E-state index contributed by atoms with van der Waals surface area (Å²) in [5, 5.41) is 10.8. The van der Waals surface area contributed by atoms with Gasteiger partial charge in [0.1, 0.15) is 6.04 Å². The summed E-state index contributed by atoms with van der Waals surface area (Å²) in [5.74, 6) is -0.652. The smallest absolute Gasteiger partial charge is 0.324 e. The number of nitrogens with zero attached hydrogens (tertiary/aromatic N) is 3. The molecule has 0 fully saturated rings. The Morgan fingerprint density at radius 1 is 1.12 bits per heavy atom. The van der Waals surface area contributed by atoms with Crippen molar-refractivity contribution in [3.8, 4) is 10.4 Å². The molecule has 1 unspecified atom stereocenters. The van der Waals surface area contributed by atoms with Gasteiger partial charge in [0, 0.05) is 10.6 Å². The van der Waals surface area contributed by atoms with Crippen LogP contribution < -0.4 is 10.9 Å². The largest absolute Gasteiger partial charge is 0.416 e. The molecule has 0 aliphatic rings. The first-order chi connectivity index (χ1) is 15.3. The summed E-state index contributed by atoms with van der Waals surface area (Å²) < 4.78 is 39.8. The molecule has 1 atom stereocenters. The molecule has 10 heteroatoms. The van der Waals surface area contributed by atoms with E-state index in [9.17, 15) is 22.8 Å². The zero-order valence-corrected chi connectivity index (χ0v) is 17.6. The Kier molecular flexibility index (Phi) is 5.79. The van der Waals surface area contributed by atoms with Gasteiger partial charge in [0.25, 0.3) is 5.56 Å². The minimum absolute atomic E-state index is 0.0211. The minimum atomic E-state index is -4.53. The first-order valence-corrected chi connectivity index (χ1v) is 10.5. The van der Waals surface area contributed by atoms with E-state index in [-0.39, 0.29) is 12.1 Å². The summed E-state index contributed by atoms with van der Waals surface area (Å²) in [5.41, 5.74) is -0.462. The van der Waals surface area contributed by atoms with Crippen LogP contribution in [0.3, 0.4) is 0 Å². The van der Waals surface area contributed by atoms with Gasteiger partial charge in [-0.15, -0.1) is 16.4 Å². The fourth-order valence-corrected chi connectivity index (χ4v) is 4.25. The molecule has 164 valence electrons. The maximum Gasteiger partial charge on any atom is 0.416 e. The van der Waals surface area contributed by atoms with E-state index in [2.05, 4.69) is 15.6 Å². The molecule has 1 N–H and O–H groups in total. The van der Waals surface area contributed by atoms with Crippen molar-refractivity contribution in [3.05, 3.63) is 76.6 Å². The van der Waals surface area contributed by atoms with E-state index in [0.29, 0.717) is 10.2 Å². The molecule has 1 amide bonds. The number of benzene rings is 2. The Morgan fingerprint density at radius 3 is 2.56 bits per heavy atom. The number of nitrogens with one attached hydrogen (secondary N) is 1. The van der Waals surface area contributed by atoms with Gasteiger partial charge in [0.2, 0.25) is 5.91 Å². The van der Waals surface area contributed by atoms with Crippen molar-refractivity contribution in [2.75, 3.05) is 5.32 Å². The van der Waals surface area contributed by atoms with Crippen molar-refractivity contribution in [2.24, 2.45) is 0 Å². The van der Waals surface area contributed by atoms with E-state index >= 15 is 0 Å². The Labute approximate surface area is 184 Å². The second-order valence-corrected chi connectivity index (χ2v) is 8.06. The van der Waals surface area contributed by atoms with Gasteiger partial charge in [-0.3, -0.25) is 9.59 Å². The van der Waals surface area contributed by atoms with Crippen LogP contribution in [0.4, 0.5) is 18.9 Å². The van der Waals surface area contributed by atoms with Crippen LogP contribution in [-0.2, 0) is 11.0 Å². The third-order valence-corrected chi connectivity index (χ3v) is 5.95. The SMILES string of the molecule is CCC(C(=O)Nc1cccc(C(F)(F)F)c1)n1nnc2sc(-c3ccccc3)cc2c1=O. The van der Waals surface area contributed by atoms with E-state index in [4.69, 9.17) is 0 Å². The van der Waals surface area contributed by atoms with E-state index in [1.807, 2.05) is 30.3 Å². The number of carbonyl (C=O) groups is 1. The third-order valence-electron chi connectivity index (χ3n) is 4.88. The fourth-order valence-electron chi connectivity index (χ4n) is 3.28. The average Bonchev–Trinajstić information content (AvgIpc) is 3.21. The summed E-state index contributed by atoms with van der Waals surface area (Å²) in [6.45, 7) is 1.68. The molecule has 0 radical (unpaired) electrons. The van der Waals surface area contributed by atoms with Gasteiger partial charge in [0.15, 0.2) is 4.83 Å². The normalized spacial score (nSPS) is 12.6. The number of anilines is 1. The van der Waals surface area contributed by atoms with E-state index in [0.717, 1.165) is 27.3 Å². The highest BCUT2D eigenvalue weighted by atomic mass is 32.1. The summed E-state index contributed by atoms with van der Waals surface area (Å²) in [6.07, 6.45) is -4.34. The monoisotopic (exact) mass is 458 g/mol. The van der Waals surface area contributed by atoms with Gasteiger partial charge in [-0.2, -0.15) is 17.9 Å². The van der Waals surface area contributed by atoms with Crippen LogP contribution in [0.1, 0.15) is 24.9 Å². The van der Waals surface area contributed by atoms with Crippen LogP contribution in [0, 0.1) is 0 Å². The molecule has 0 saturated carbocycles. The van der Waals surface area contributed by atoms with Crippen molar-refractivity contribution in [3.63, 3.8) is 0 Å². The summed E-state index contributed by atoms with van der Waals surface area (Å²) in [7, 11) is 0. The predicted molar refractivity (Wildman–Crippen MR) is 117 cm³/mol. The second-order valence-electron chi connectivity index (χ2n) is 7.03. The molecule has 32 heavy (non-hydrogen) atoms. The zero-order chi connectivity index (χ0) is 22.9. The number of carbonyl (C=O) groups excluding carboxylic acids is 1. The molecule has 0 aliphatic heterocycles. The highest BCUT2D eigenvalue weighted by molar-refractivity contribution is 7.21. The Balaban J connectivity index is 1.65. The van der Waals surface area contributed by atoms with Crippen molar-refractivity contribution in [1.82, 2.24) is 15.0 Å². The molecule has 0 bridgehead atoms. The van der Waals surface area contributed by atoms with Crippen LogP contribution >= 0.6 is 11.3 Å². The molecule has 0 spiro atoms. The number of aromatic nitrogens is 3. The number of hydrogen-bond donors (Lipinski definition) is 1. The van der Waals surface area contributed by atoms with Crippen molar-refractivity contribution < 1.29 is 18.0 Å². The predicted octanol–water partition coefficient (Wildman–Crippen LogP) is 5.13.